The predicted molar refractivity (Wildman–Crippen MR) is 144 cm³/mol. The zero-order valence-corrected chi connectivity index (χ0v) is 21.3. The van der Waals surface area contributed by atoms with Crippen LogP contribution in [-0.2, 0) is 17.8 Å². The van der Waals surface area contributed by atoms with Crippen LogP contribution in [0.5, 0.6) is 5.75 Å². The number of imidazole rings is 1. The molecule has 0 bridgehead atoms. The molecule has 0 N–H and O–H groups in total. The molecule has 5 rings (SSSR count). The van der Waals surface area contributed by atoms with E-state index in [1.54, 1.807) is 0 Å². The van der Waals surface area contributed by atoms with Crippen molar-refractivity contribution in [3.63, 3.8) is 0 Å². The zero-order valence-electron chi connectivity index (χ0n) is 21.3. The van der Waals surface area contributed by atoms with E-state index in [1.165, 1.54) is 16.7 Å². The highest BCUT2D eigenvalue weighted by molar-refractivity contribution is 5.81. The first kappa shape index (κ1) is 24.1. The Balaban J connectivity index is 1.23. The largest absolute Gasteiger partial charge is 0.493 e. The summed E-state index contributed by atoms with van der Waals surface area (Å²) in [6.07, 6.45) is 3.38. The molecule has 5 heteroatoms. The molecule has 0 radical (unpaired) electrons. The molecule has 2 heterocycles. The monoisotopic (exact) mass is 481 g/mol. The van der Waals surface area contributed by atoms with Gasteiger partial charge in [0.05, 0.1) is 17.6 Å². The summed E-state index contributed by atoms with van der Waals surface area (Å²) in [6, 6.07) is 25.0. The molecule has 1 fully saturated rings. The van der Waals surface area contributed by atoms with Gasteiger partial charge >= 0.3 is 0 Å². The number of unbranched alkanes of at least 4 members (excludes halogenated alkanes) is 1. The summed E-state index contributed by atoms with van der Waals surface area (Å²) in [4.78, 5) is 19.9. The standard InChI is InChI=1S/C31H35N3O2/c1-23-14-15-24(2)29(20-23)36-19-9-8-17-34-28-13-7-6-12-27(28)32-31(34)26-21-30(35)33(22-26)18-16-25-10-4-3-5-11-25/h3-7,10-15,20,26H,8-9,16-19,21-22H2,1-2H3. The molecule has 3 aromatic carbocycles. The van der Waals surface area contributed by atoms with Crippen LogP contribution in [-0.4, -0.2) is 40.1 Å². The molecule has 1 saturated heterocycles. The molecule has 1 atom stereocenters. The fraction of sp³-hybridized carbons (Fsp3) is 0.355. The SMILES string of the molecule is Cc1ccc(C)c(OCCCCn2c(C3CC(=O)N(CCc4ccccc4)C3)nc3ccccc32)c1. The number of nitrogens with zero attached hydrogens (tertiary/aromatic N) is 3. The van der Waals surface area contributed by atoms with Gasteiger partial charge in [0.15, 0.2) is 0 Å². The number of aromatic nitrogens is 2. The maximum absolute atomic E-state index is 12.9. The number of hydrogen-bond donors (Lipinski definition) is 0. The van der Waals surface area contributed by atoms with Crippen LogP contribution >= 0.6 is 0 Å². The van der Waals surface area contributed by atoms with Gasteiger partial charge in [-0.15, -0.1) is 0 Å². The summed E-state index contributed by atoms with van der Waals surface area (Å²) in [6.45, 7) is 7.25. The fourth-order valence-corrected chi connectivity index (χ4v) is 5.13. The number of amides is 1. The highest BCUT2D eigenvalue weighted by Crippen LogP contribution is 2.31. The van der Waals surface area contributed by atoms with Crippen molar-refractivity contribution in [2.45, 2.75) is 52.0 Å². The van der Waals surface area contributed by atoms with Gasteiger partial charge < -0.3 is 14.2 Å². The maximum Gasteiger partial charge on any atom is 0.223 e. The smallest absolute Gasteiger partial charge is 0.223 e. The van der Waals surface area contributed by atoms with E-state index in [0.29, 0.717) is 13.0 Å². The molecule has 0 spiro atoms. The molecule has 0 aliphatic carbocycles. The van der Waals surface area contributed by atoms with E-state index in [2.05, 4.69) is 79.1 Å². The first-order chi connectivity index (χ1) is 17.6. The molecule has 186 valence electrons. The minimum atomic E-state index is 0.131. The molecule has 1 aliphatic rings. The van der Waals surface area contributed by atoms with Crippen molar-refractivity contribution in [2.75, 3.05) is 19.7 Å². The number of carbonyl (C=O) groups excluding carboxylic acids is 1. The predicted octanol–water partition coefficient (Wildman–Crippen LogP) is 6.07. The number of aryl methyl sites for hydroxylation is 3. The van der Waals surface area contributed by atoms with E-state index in [0.717, 1.165) is 61.5 Å². The third-order valence-electron chi connectivity index (χ3n) is 7.15. The first-order valence-electron chi connectivity index (χ1n) is 13.1. The topological polar surface area (TPSA) is 47.4 Å². The van der Waals surface area contributed by atoms with E-state index in [4.69, 9.17) is 9.72 Å². The van der Waals surface area contributed by atoms with Gasteiger partial charge in [0.1, 0.15) is 11.6 Å². The van der Waals surface area contributed by atoms with Gasteiger partial charge in [-0.05, 0) is 68.0 Å². The van der Waals surface area contributed by atoms with Crippen molar-refractivity contribution in [1.29, 1.82) is 0 Å². The van der Waals surface area contributed by atoms with Crippen molar-refractivity contribution in [2.24, 2.45) is 0 Å². The second-order valence-electron chi connectivity index (χ2n) is 9.91. The third-order valence-corrected chi connectivity index (χ3v) is 7.15. The van der Waals surface area contributed by atoms with Gasteiger partial charge in [-0.3, -0.25) is 4.79 Å². The lowest BCUT2D eigenvalue weighted by atomic mass is 10.1. The minimum Gasteiger partial charge on any atom is -0.493 e. The van der Waals surface area contributed by atoms with Crippen molar-refractivity contribution in [3.8, 4) is 5.75 Å². The Bertz CT molecular complexity index is 1330. The number of rotatable bonds is 10. The number of hydrogen-bond acceptors (Lipinski definition) is 3. The number of ether oxygens (including phenoxy) is 1. The van der Waals surface area contributed by atoms with Gasteiger partial charge in [-0.1, -0.05) is 54.6 Å². The van der Waals surface area contributed by atoms with Gasteiger partial charge in [-0.25, -0.2) is 4.98 Å². The van der Waals surface area contributed by atoms with Gasteiger partial charge in [-0.2, -0.15) is 0 Å². The lowest BCUT2D eigenvalue weighted by Gasteiger charge is -2.17. The molecular formula is C31H35N3O2. The van der Waals surface area contributed by atoms with E-state index in [1.807, 2.05) is 17.0 Å². The minimum absolute atomic E-state index is 0.131. The maximum atomic E-state index is 12.9. The Labute approximate surface area is 213 Å². The third kappa shape index (κ3) is 5.46. The summed E-state index contributed by atoms with van der Waals surface area (Å²) in [5.74, 6) is 2.38. The Kier molecular flexibility index (Phi) is 7.36. The molecule has 5 nitrogen and oxygen atoms in total. The van der Waals surface area contributed by atoms with Crippen LogP contribution in [0.4, 0.5) is 0 Å². The average molecular weight is 482 g/mol. The normalized spacial score (nSPS) is 15.7. The van der Waals surface area contributed by atoms with Crippen molar-refractivity contribution in [1.82, 2.24) is 14.5 Å². The molecule has 1 aliphatic heterocycles. The first-order valence-corrected chi connectivity index (χ1v) is 13.1. The quantitative estimate of drug-likeness (QED) is 0.258. The Morgan fingerprint density at radius 2 is 1.75 bits per heavy atom. The summed E-state index contributed by atoms with van der Waals surface area (Å²) in [5, 5.41) is 0. The summed E-state index contributed by atoms with van der Waals surface area (Å²) in [5.41, 5.74) is 5.82. The number of fused-ring (bicyclic) bond motifs is 1. The lowest BCUT2D eigenvalue weighted by molar-refractivity contribution is -0.127. The molecule has 1 amide bonds. The average Bonchev–Trinajstić information content (AvgIpc) is 3.45. The zero-order chi connectivity index (χ0) is 24.9. The van der Waals surface area contributed by atoms with Crippen LogP contribution in [0.2, 0.25) is 0 Å². The number of likely N-dealkylation sites (tertiary alicyclic amines) is 1. The van der Waals surface area contributed by atoms with Crippen molar-refractivity contribution >= 4 is 16.9 Å². The van der Waals surface area contributed by atoms with Crippen molar-refractivity contribution in [3.05, 3.63) is 95.3 Å². The Morgan fingerprint density at radius 1 is 0.944 bits per heavy atom. The van der Waals surface area contributed by atoms with Crippen molar-refractivity contribution < 1.29 is 9.53 Å². The summed E-state index contributed by atoms with van der Waals surface area (Å²) in [7, 11) is 0. The molecule has 1 unspecified atom stereocenters. The number of benzene rings is 3. The van der Waals surface area contributed by atoms with Gasteiger partial charge in [0, 0.05) is 32.0 Å². The van der Waals surface area contributed by atoms with Crippen LogP contribution in [0.15, 0.2) is 72.8 Å². The van der Waals surface area contributed by atoms with Gasteiger partial charge in [0.25, 0.3) is 0 Å². The highest BCUT2D eigenvalue weighted by atomic mass is 16.5. The van der Waals surface area contributed by atoms with E-state index >= 15 is 0 Å². The lowest BCUT2D eigenvalue weighted by Crippen LogP contribution is -2.27. The molecule has 1 aromatic heterocycles. The number of para-hydroxylation sites is 2. The fourth-order valence-electron chi connectivity index (χ4n) is 5.13. The van der Waals surface area contributed by atoms with Crippen LogP contribution in [0.1, 0.15) is 47.7 Å². The molecule has 0 saturated carbocycles. The molecular weight excluding hydrogens is 446 g/mol. The number of carbonyl (C=O) groups is 1. The second-order valence-corrected chi connectivity index (χ2v) is 9.91. The second kappa shape index (κ2) is 11.0. The van der Waals surface area contributed by atoms with E-state index in [9.17, 15) is 4.79 Å². The highest BCUT2D eigenvalue weighted by Gasteiger charge is 2.33. The van der Waals surface area contributed by atoms with Crippen LogP contribution in [0.3, 0.4) is 0 Å². The molecule has 4 aromatic rings. The van der Waals surface area contributed by atoms with Crippen LogP contribution < -0.4 is 4.74 Å². The molecule has 36 heavy (non-hydrogen) atoms. The van der Waals surface area contributed by atoms with Crippen LogP contribution in [0, 0.1) is 13.8 Å². The van der Waals surface area contributed by atoms with Gasteiger partial charge in [0.2, 0.25) is 5.91 Å². The van der Waals surface area contributed by atoms with Crippen LogP contribution in [0.25, 0.3) is 11.0 Å². The summed E-state index contributed by atoms with van der Waals surface area (Å²) >= 11 is 0. The Hall–Kier alpha value is -3.60. The van der Waals surface area contributed by atoms with E-state index < -0.39 is 0 Å². The Morgan fingerprint density at radius 3 is 2.61 bits per heavy atom. The van der Waals surface area contributed by atoms with E-state index in [-0.39, 0.29) is 11.8 Å². The summed E-state index contributed by atoms with van der Waals surface area (Å²) < 4.78 is 8.41.